The number of hydrogen-bond acceptors (Lipinski definition) is 3. The fraction of sp³-hybridized carbons (Fsp3) is 0.533. The van der Waals surface area contributed by atoms with Crippen molar-refractivity contribution in [1.82, 2.24) is 0 Å². The summed E-state index contributed by atoms with van der Waals surface area (Å²) in [6, 6.07) is 1.79. The van der Waals surface area contributed by atoms with Crippen molar-refractivity contribution in [3.63, 3.8) is 0 Å². The molecule has 0 spiro atoms. The van der Waals surface area contributed by atoms with Gasteiger partial charge in [-0.15, -0.1) is 0 Å². The zero-order chi connectivity index (χ0) is 14.3. The van der Waals surface area contributed by atoms with E-state index in [-0.39, 0.29) is 27.9 Å². The molecule has 1 rings (SSSR count). The minimum Gasteiger partial charge on any atom is -0.507 e. The smallest absolute Gasteiger partial charge is 0.157 e. The number of carbonyl (C=O) groups is 1. The zero-order valence-corrected chi connectivity index (χ0v) is 12.0. The van der Waals surface area contributed by atoms with Crippen LogP contribution in [0.4, 0.5) is 0 Å². The fourth-order valence-electron chi connectivity index (χ4n) is 1.94. The first-order valence-electron chi connectivity index (χ1n) is 6.05. The number of phenolic OH excluding ortho intramolecular Hbond substituents is 2. The number of aromatic hydroxyl groups is 2. The van der Waals surface area contributed by atoms with Crippen molar-refractivity contribution in [2.75, 3.05) is 0 Å². The summed E-state index contributed by atoms with van der Waals surface area (Å²) in [6.07, 6.45) is 0.509. The summed E-state index contributed by atoms with van der Waals surface area (Å²) in [5.74, 6) is -0.244. The summed E-state index contributed by atoms with van der Waals surface area (Å²) in [6.45, 7) is 11.8. The van der Waals surface area contributed by atoms with Crippen molar-refractivity contribution >= 4 is 6.29 Å². The monoisotopic (exact) mass is 250 g/mol. The van der Waals surface area contributed by atoms with Gasteiger partial charge >= 0.3 is 0 Å². The standard InChI is InChI=1S/C15H22O3/c1-14(2,3)10-7-11(15(4,5)6)13(18)9(8-16)12(10)17/h7-8,17-18H,1-6H3. The van der Waals surface area contributed by atoms with E-state index >= 15 is 0 Å². The highest BCUT2D eigenvalue weighted by molar-refractivity contribution is 5.85. The Morgan fingerprint density at radius 3 is 1.44 bits per heavy atom. The Morgan fingerprint density at radius 2 is 1.22 bits per heavy atom. The highest BCUT2D eigenvalue weighted by Crippen LogP contribution is 2.42. The molecule has 0 bridgehead atoms. The molecule has 0 saturated heterocycles. The Labute approximate surface area is 108 Å². The second kappa shape index (κ2) is 4.30. The van der Waals surface area contributed by atoms with Gasteiger partial charge in [-0.1, -0.05) is 41.5 Å². The SMILES string of the molecule is CC(C)(C)c1cc(C(C)(C)C)c(O)c(C=O)c1O. The Hall–Kier alpha value is -1.51. The summed E-state index contributed by atoms with van der Waals surface area (Å²) in [7, 11) is 0. The van der Waals surface area contributed by atoms with Gasteiger partial charge in [-0.25, -0.2) is 0 Å². The van der Waals surface area contributed by atoms with Crippen LogP contribution in [-0.2, 0) is 10.8 Å². The van der Waals surface area contributed by atoms with Crippen LogP contribution in [0.5, 0.6) is 11.5 Å². The van der Waals surface area contributed by atoms with Gasteiger partial charge in [0.1, 0.15) is 11.5 Å². The molecule has 100 valence electrons. The first kappa shape index (κ1) is 14.6. The summed E-state index contributed by atoms with van der Waals surface area (Å²) in [5, 5.41) is 20.2. The van der Waals surface area contributed by atoms with Crippen LogP contribution in [0.3, 0.4) is 0 Å². The predicted octanol–water partition coefficient (Wildman–Crippen LogP) is 3.51. The number of aldehydes is 1. The molecular formula is C15H22O3. The van der Waals surface area contributed by atoms with Crippen molar-refractivity contribution in [2.45, 2.75) is 52.4 Å². The second-order valence-corrected chi connectivity index (χ2v) is 6.70. The summed E-state index contributed by atoms with van der Waals surface area (Å²) >= 11 is 0. The van der Waals surface area contributed by atoms with E-state index in [0.29, 0.717) is 17.4 Å². The van der Waals surface area contributed by atoms with E-state index in [1.54, 1.807) is 6.07 Å². The van der Waals surface area contributed by atoms with E-state index in [1.807, 2.05) is 41.5 Å². The molecule has 18 heavy (non-hydrogen) atoms. The van der Waals surface area contributed by atoms with E-state index in [9.17, 15) is 15.0 Å². The van der Waals surface area contributed by atoms with E-state index in [0.717, 1.165) is 0 Å². The van der Waals surface area contributed by atoms with Gasteiger partial charge in [-0.05, 0) is 16.9 Å². The molecule has 0 atom stereocenters. The average molecular weight is 250 g/mol. The fourth-order valence-corrected chi connectivity index (χ4v) is 1.94. The van der Waals surface area contributed by atoms with Crippen LogP contribution in [-0.4, -0.2) is 16.5 Å². The van der Waals surface area contributed by atoms with Crippen molar-refractivity contribution in [3.05, 3.63) is 22.8 Å². The highest BCUT2D eigenvalue weighted by atomic mass is 16.3. The molecule has 0 aliphatic heterocycles. The molecule has 0 fully saturated rings. The Balaban J connectivity index is 3.73. The molecule has 0 unspecified atom stereocenters. The van der Waals surface area contributed by atoms with Crippen LogP contribution in [0, 0.1) is 0 Å². The Kier molecular flexibility index (Phi) is 3.48. The molecule has 3 nitrogen and oxygen atoms in total. The van der Waals surface area contributed by atoms with E-state index in [1.165, 1.54) is 0 Å². The average Bonchev–Trinajstić information content (AvgIpc) is 2.14. The second-order valence-electron chi connectivity index (χ2n) is 6.70. The largest absolute Gasteiger partial charge is 0.507 e. The molecule has 3 heteroatoms. The van der Waals surface area contributed by atoms with E-state index in [2.05, 4.69) is 0 Å². The number of carbonyl (C=O) groups excluding carboxylic acids is 1. The van der Waals surface area contributed by atoms with Crippen molar-refractivity contribution in [3.8, 4) is 11.5 Å². The molecule has 0 radical (unpaired) electrons. The summed E-state index contributed by atoms with van der Waals surface area (Å²) < 4.78 is 0. The first-order valence-corrected chi connectivity index (χ1v) is 6.05. The summed E-state index contributed by atoms with van der Waals surface area (Å²) in [5.41, 5.74) is 0.734. The maximum Gasteiger partial charge on any atom is 0.157 e. The number of hydrogen-bond donors (Lipinski definition) is 2. The molecule has 0 aliphatic carbocycles. The third kappa shape index (κ3) is 2.50. The van der Waals surface area contributed by atoms with Gasteiger partial charge in [0.15, 0.2) is 6.29 Å². The van der Waals surface area contributed by atoms with Crippen LogP contribution in [0.1, 0.15) is 63.0 Å². The lowest BCUT2D eigenvalue weighted by atomic mass is 9.78. The highest BCUT2D eigenvalue weighted by Gasteiger charge is 2.28. The molecule has 2 N–H and O–H groups in total. The summed E-state index contributed by atoms with van der Waals surface area (Å²) in [4.78, 5) is 11.1. The third-order valence-electron chi connectivity index (χ3n) is 3.04. The molecule has 1 aromatic rings. The molecule has 0 aliphatic rings. The maximum atomic E-state index is 11.1. The van der Waals surface area contributed by atoms with Gasteiger partial charge < -0.3 is 10.2 Å². The maximum absolute atomic E-state index is 11.1. The molecule has 0 heterocycles. The van der Waals surface area contributed by atoms with Gasteiger partial charge in [0.05, 0.1) is 5.56 Å². The lowest BCUT2D eigenvalue weighted by Crippen LogP contribution is -2.17. The lowest BCUT2D eigenvalue weighted by molar-refractivity contribution is 0.111. The van der Waals surface area contributed by atoms with Crippen LogP contribution < -0.4 is 0 Å². The number of benzene rings is 1. The van der Waals surface area contributed by atoms with Gasteiger partial charge in [0.25, 0.3) is 0 Å². The predicted molar refractivity (Wildman–Crippen MR) is 72.6 cm³/mol. The third-order valence-corrected chi connectivity index (χ3v) is 3.04. The molecule has 1 aromatic carbocycles. The van der Waals surface area contributed by atoms with Gasteiger partial charge in [-0.2, -0.15) is 0 Å². The van der Waals surface area contributed by atoms with Crippen LogP contribution >= 0.6 is 0 Å². The van der Waals surface area contributed by atoms with Crippen LogP contribution in [0.25, 0.3) is 0 Å². The van der Waals surface area contributed by atoms with Gasteiger partial charge in [0, 0.05) is 11.1 Å². The van der Waals surface area contributed by atoms with Crippen molar-refractivity contribution in [1.29, 1.82) is 0 Å². The molecule has 0 aromatic heterocycles. The van der Waals surface area contributed by atoms with Crippen molar-refractivity contribution in [2.24, 2.45) is 0 Å². The van der Waals surface area contributed by atoms with Crippen LogP contribution in [0.2, 0.25) is 0 Å². The number of rotatable bonds is 1. The Morgan fingerprint density at radius 1 is 0.889 bits per heavy atom. The van der Waals surface area contributed by atoms with Crippen LogP contribution in [0.15, 0.2) is 6.07 Å². The van der Waals surface area contributed by atoms with Crippen molar-refractivity contribution < 1.29 is 15.0 Å². The molecule has 0 saturated carbocycles. The number of phenols is 2. The lowest BCUT2D eigenvalue weighted by Gasteiger charge is -2.27. The molecular weight excluding hydrogens is 228 g/mol. The van der Waals surface area contributed by atoms with Gasteiger partial charge in [0.2, 0.25) is 0 Å². The minimum absolute atomic E-state index is 0.0210. The van der Waals surface area contributed by atoms with Gasteiger partial charge in [-0.3, -0.25) is 4.79 Å². The first-order chi connectivity index (χ1) is 8.00. The normalized spacial score (nSPS) is 12.6. The topological polar surface area (TPSA) is 57.5 Å². The Bertz CT molecular complexity index is 436. The minimum atomic E-state index is -0.296. The quantitative estimate of drug-likeness (QED) is 0.750. The zero-order valence-electron chi connectivity index (χ0n) is 12.0. The molecule has 0 amide bonds. The van der Waals surface area contributed by atoms with E-state index in [4.69, 9.17) is 0 Å². The van der Waals surface area contributed by atoms with E-state index < -0.39 is 0 Å².